The standard InChI is InChI=1S/C70H106O6/c1-4-7-10-13-16-19-22-24-26-28-30-31-32-33-34-35-36-37-38-39-41-42-44-46-48-51-54-57-60-63-69(72)75-66-67(65-74-68(71)62-59-56-53-50-21-18-15-12-9-6-3)76-70(73)64-61-58-55-52-49-47-45-43-40-29-27-25-23-20-17-14-11-8-5-2/h7-8,10-12,15-17,19-20,24-27,30-31,33-34,36-37,39-41,43-44,46-47,49,55,58,67H,4-6,9,13-14,18,21-23,28-29,32,35,38,42,45,48,50-54,56-57,59-66H2,1-3H3/b10-7-,11-8-,15-12-,19-16-,20-17-,26-24-,27-25-,31-30-,34-33-,37-36-,41-39-,43-40-,46-44-,49-47-,58-55-. The Hall–Kier alpha value is -5.49. The van der Waals surface area contributed by atoms with Crippen LogP contribution in [0.15, 0.2) is 182 Å². The van der Waals surface area contributed by atoms with E-state index in [0.717, 1.165) is 161 Å². The van der Waals surface area contributed by atoms with Crippen LogP contribution in [0.4, 0.5) is 0 Å². The van der Waals surface area contributed by atoms with Gasteiger partial charge in [-0.15, -0.1) is 0 Å². The Kier molecular flexibility index (Phi) is 57.6. The molecule has 0 saturated carbocycles. The quantitative estimate of drug-likeness (QED) is 0.0261. The molecule has 0 amide bonds. The number of esters is 3. The first-order valence-corrected chi connectivity index (χ1v) is 29.8. The van der Waals surface area contributed by atoms with Crippen molar-refractivity contribution in [1.82, 2.24) is 0 Å². The van der Waals surface area contributed by atoms with Gasteiger partial charge in [-0.1, -0.05) is 242 Å². The molecule has 0 aliphatic rings. The fourth-order valence-corrected chi connectivity index (χ4v) is 7.25. The Balaban J connectivity index is 4.46. The zero-order valence-corrected chi connectivity index (χ0v) is 48.2. The lowest BCUT2D eigenvalue weighted by Crippen LogP contribution is -2.30. The molecule has 0 rings (SSSR count). The monoisotopic (exact) mass is 1040 g/mol. The minimum absolute atomic E-state index is 0.130. The summed E-state index contributed by atoms with van der Waals surface area (Å²) in [6, 6.07) is 0. The highest BCUT2D eigenvalue weighted by atomic mass is 16.6. The molecule has 76 heavy (non-hydrogen) atoms. The van der Waals surface area contributed by atoms with Gasteiger partial charge in [-0.2, -0.15) is 0 Å². The maximum Gasteiger partial charge on any atom is 0.306 e. The van der Waals surface area contributed by atoms with Crippen LogP contribution in [-0.2, 0) is 28.6 Å². The molecule has 1 atom stereocenters. The Morgan fingerprint density at radius 1 is 0.276 bits per heavy atom. The van der Waals surface area contributed by atoms with Crippen molar-refractivity contribution in [2.24, 2.45) is 0 Å². The summed E-state index contributed by atoms with van der Waals surface area (Å²) < 4.78 is 16.7. The van der Waals surface area contributed by atoms with Crippen molar-refractivity contribution in [3.05, 3.63) is 182 Å². The lowest BCUT2D eigenvalue weighted by atomic mass is 10.1. The van der Waals surface area contributed by atoms with Gasteiger partial charge in [0.25, 0.3) is 0 Å². The summed E-state index contributed by atoms with van der Waals surface area (Å²) in [4.78, 5) is 38.1. The molecule has 0 aromatic rings. The number of rotatable bonds is 51. The summed E-state index contributed by atoms with van der Waals surface area (Å²) in [6.45, 7) is 6.23. The van der Waals surface area contributed by atoms with E-state index in [1.165, 1.54) is 12.8 Å². The van der Waals surface area contributed by atoms with E-state index in [4.69, 9.17) is 14.2 Å². The average Bonchev–Trinajstić information content (AvgIpc) is 3.42. The summed E-state index contributed by atoms with van der Waals surface area (Å²) in [6.07, 6.45) is 93.4. The Labute approximate surface area is 465 Å². The van der Waals surface area contributed by atoms with Crippen molar-refractivity contribution < 1.29 is 28.6 Å². The van der Waals surface area contributed by atoms with Crippen LogP contribution in [0.2, 0.25) is 0 Å². The Bertz CT molecular complexity index is 1820. The fraction of sp³-hybridized carbons (Fsp3) is 0.529. The van der Waals surface area contributed by atoms with Crippen LogP contribution >= 0.6 is 0 Å². The van der Waals surface area contributed by atoms with Crippen molar-refractivity contribution in [3.8, 4) is 0 Å². The van der Waals surface area contributed by atoms with Gasteiger partial charge in [-0.25, -0.2) is 0 Å². The topological polar surface area (TPSA) is 78.9 Å². The molecule has 0 aromatic carbocycles. The van der Waals surface area contributed by atoms with Gasteiger partial charge in [0.15, 0.2) is 6.10 Å². The van der Waals surface area contributed by atoms with Crippen molar-refractivity contribution in [1.29, 1.82) is 0 Å². The molecule has 0 aliphatic heterocycles. The molecule has 0 spiro atoms. The third-order valence-electron chi connectivity index (χ3n) is 11.6. The van der Waals surface area contributed by atoms with Gasteiger partial charge < -0.3 is 14.2 Å². The first-order valence-electron chi connectivity index (χ1n) is 29.8. The van der Waals surface area contributed by atoms with Crippen molar-refractivity contribution >= 4 is 17.9 Å². The van der Waals surface area contributed by atoms with Crippen LogP contribution in [0.3, 0.4) is 0 Å². The molecule has 0 radical (unpaired) electrons. The van der Waals surface area contributed by atoms with E-state index in [0.29, 0.717) is 19.3 Å². The van der Waals surface area contributed by atoms with E-state index >= 15 is 0 Å². The fourth-order valence-electron chi connectivity index (χ4n) is 7.25. The minimum Gasteiger partial charge on any atom is -0.462 e. The Morgan fingerprint density at radius 3 is 0.868 bits per heavy atom. The summed E-state index contributed by atoms with van der Waals surface area (Å²) in [7, 11) is 0. The van der Waals surface area contributed by atoms with E-state index in [9.17, 15) is 14.4 Å². The third kappa shape index (κ3) is 59.4. The second kappa shape index (κ2) is 62.1. The highest BCUT2D eigenvalue weighted by molar-refractivity contribution is 5.71. The third-order valence-corrected chi connectivity index (χ3v) is 11.6. The molecular formula is C70H106O6. The molecule has 0 aliphatic carbocycles. The molecule has 6 nitrogen and oxygen atoms in total. The van der Waals surface area contributed by atoms with Crippen LogP contribution < -0.4 is 0 Å². The van der Waals surface area contributed by atoms with E-state index in [2.05, 4.69) is 191 Å². The highest BCUT2D eigenvalue weighted by Gasteiger charge is 2.19. The van der Waals surface area contributed by atoms with Gasteiger partial charge in [0, 0.05) is 19.3 Å². The summed E-state index contributed by atoms with van der Waals surface area (Å²) >= 11 is 0. The molecule has 6 heteroatoms. The number of hydrogen-bond acceptors (Lipinski definition) is 6. The van der Waals surface area contributed by atoms with E-state index in [1.54, 1.807) is 0 Å². The molecule has 0 bridgehead atoms. The summed E-state index contributed by atoms with van der Waals surface area (Å²) in [5, 5.41) is 0. The van der Waals surface area contributed by atoms with Crippen LogP contribution in [0.25, 0.3) is 0 Å². The van der Waals surface area contributed by atoms with Gasteiger partial charge in [-0.05, 0) is 141 Å². The van der Waals surface area contributed by atoms with Crippen molar-refractivity contribution in [3.63, 3.8) is 0 Å². The van der Waals surface area contributed by atoms with Gasteiger partial charge >= 0.3 is 17.9 Å². The molecular weight excluding hydrogens is 937 g/mol. The van der Waals surface area contributed by atoms with Crippen LogP contribution in [0.1, 0.15) is 220 Å². The first-order chi connectivity index (χ1) is 37.5. The van der Waals surface area contributed by atoms with Crippen molar-refractivity contribution in [2.75, 3.05) is 13.2 Å². The number of carbonyl (C=O) groups is 3. The number of unbranched alkanes of at least 4 members (excludes halogenated alkanes) is 10. The van der Waals surface area contributed by atoms with Gasteiger partial charge in [0.1, 0.15) is 13.2 Å². The summed E-state index contributed by atoms with van der Waals surface area (Å²) in [5.74, 6) is -1.06. The SMILES string of the molecule is CC/C=C\C/C=C\C/C=C\C/C=C\C/C=C\C/C=C\C/C=C\C/C=C\CCCCCCC(=O)OCC(COC(=O)CCCCCCC/C=C\CCC)OC(=O)CC/C=C\C/C=C\C/C=C\C/C=C\C/C=C\C/C=C\CC. The second-order valence-corrected chi connectivity index (χ2v) is 18.8. The van der Waals surface area contributed by atoms with Gasteiger partial charge in [0.2, 0.25) is 0 Å². The van der Waals surface area contributed by atoms with Crippen molar-refractivity contribution in [2.45, 2.75) is 226 Å². The number of allylic oxidation sites excluding steroid dienone is 30. The lowest BCUT2D eigenvalue weighted by molar-refractivity contribution is -0.166. The maximum atomic E-state index is 12.8. The van der Waals surface area contributed by atoms with Crippen LogP contribution in [0, 0.1) is 0 Å². The van der Waals surface area contributed by atoms with Crippen LogP contribution in [0.5, 0.6) is 0 Å². The smallest absolute Gasteiger partial charge is 0.306 e. The minimum atomic E-state index is -0.843. The molecule has 0 fully saturated rings. The largest absolute Gasteiger partial charge is 0.462 e. The molecule has 1 unspecified atom stereocenters. The predicted molar refractivity (Wildman–Crippen MR) is 329 cm³/mol. The highest BCUT2D eigenvalue weighted by Crippen LogP contribution is 2.12. The first kappa shape index (κ1) is 70.5. The van der Waals surface area contributed by atoms with Gasteiger partial charge in [0.05, 0.1) is 0 Å². The predicted octanol–water partition coefficient (Wildman–Crippen LogP) is 20.5. The number of carbonyl (C=O) groups excluding carboxylic acids is 3. The van der Waals surface area contributed by atoms with E-state index in [1.807, 2.05) is 12.2 Å². The maximum absolute atomic E-state index is 12.8. The molecule has 0 N–H and O–H groups in total. The average molecular weight is 1040 g/mol. The molecule has 0 heterocycles. The lowest BCUT2D eigenvalue weighted by Gasteiger charge is -2.18. The Morgan fingerprint density at radius 2 is 0.539 bits per heavy atom. The van der Waals surface area contributed by atoms with E-state index in [-0.39, 0.29) is 31.6 Å². The molecule has 0 saturated heterocycles. The van der Waals surface area contributed by atoms with E-state index < -0.39 is 12.1 Å². The number of ether oxygens (including phenoxy) is 3. The van der Waals surface area contributed by atoms with Crippen LogP contribution in [-0.4, -0.2) is 37.2 Å². The zero-order chi connectivity index (χ0) is 55.0. The zero-order valence-electron chi connectivity index (χ0n) is 48.2. The second-order valence-electron chi connectivity index (χ2n) is 18.8. The summed E-state index contributed by atoms with van der Waals surface area (Å²) in [5.41, 5.74) is 0. The molecule has 0 aromatic heterocycles. The van der Waals surface area contributed by atoms with Gasteiger partial charge in [-0.3, -0.25) is 14.4 Å². The molecule has 422 valence electrons. The number of hydrogen-bond donors (Lipinski definition) is 0. The normalized spacial score (nSPS) is 13.5.